The van der Waals surface area contributed by atoms with E-state index in [4.69, 9.17) is 0 Å². The lowest BCUT2D eigenvalue weighted by molar-refractivity contribution is -0.384. The van der Waals surface area contributed by atoms with Crippen LogP contribution in [0.15, 0.2) is 72.8 Å². The lowest BCUT2D eigenvalue weighted by Crippen LogP contribution is -2.06. The van der Waals surface area contributed by atoms with Crippen molar-refractivity contribution < 1.29 is 14.8 Å². The number of carbonyl (C=O) groups excluding carboxylic acids is 1. The summed E-state index contributed by atoms with van der Waals surface area (Å²) >= 11 is 0. The average molecular weight is 348 g/mol. The Labute approximate surface area is 149 Å². The Morgan fingerprint density at radius 3 is 2.31 bits per heavy atom. The van der Waals surface area contributed by atoms with Crippen molar-refractivity contribution >= 4 is 17.2 Å². The predicted octanol–water partition coefficient (Wildman–Crippen LogP) is 4.14. The lowest BCUT2D eigenvalue weighted by atomic mass is 10.0. The number of benzene rings is 3. The van der Waals surface area contributed by atoms with Crippen LogP contribution >= 0.6 is 0 Å². The van der Waals surface area contributed by atoms with Crippen molar-refractivity contribution in [2.24, 2.45) is 0 Å². The highest BCUT2D eigenvalue weighted by Crippen LogP contribution is 2.27. The average Bonchev–Trinajstić information content (AvgIpc) is 2.67. The Hall–Kier alpha value is -3.67. The molecule has 26 heavy (non-hydrogen) atoms. The molecular formula is C20H16N2O4. The Morgan fingerprint density at radius 2 is 1.65 bits per heavy atom. The number of nitro benzene ring substituents is 1. The topological polar surface area (TPSA) is 92.5 Å². The van der Waals surface area contributed by atoms with Crippen LogP contribution in [0.25, 0.3) is 0 Å². The standard InChI is InChI=1S/C20H16N2O4/c23-17-9-6-14(7-10-17)13-21-18-11-8-16(12-19(18)22(25)26)20(24)15-4-2-1-3-5-15/h1-12,21,23H,13H2. The number of anilines is 1. The van der Waals surface area contributed by atoms with Crippen molar-refractivity contribution in [2.45, 2.75) is 6.54 Å². The SMILES string of the molecule is O=C(c1ccccc1)c1ccc(NCc2ccc(O)cc2)c([N+](=O)[O-])c1. The monoisotopic (exact) mass is 348 g/mol. The maximum atomic E-state index is 12.5. The summed E-state index contributed by atoms with van der Waals surface area (Å²) in [6.07, 6.45) is 0. The molecule has 0 aliphatic carbocycles. The molecule has 130 valence electrons. The van der Waals surface area contributed by atoms with Crippen LogP contribution in [0, 0.1) is 10.1 Å². The third-order valence-electron chi connectivity index (χ3n) is 3.91. The second-order valence-electron chi connectivity index (χ2n) is 5.70. The van der Waals surface area contributed by atoms with Gasteiger partial charge < -0.3 is 10.4 Å². The van der Waals surface area contributed by atoms with Gasteiger partial charge in [-0.1, -0.05) is 42.5 Å². The van der Waals surface area contributed by atoms with Gasteiger partial charge in [0.25, 0.3) is 5.69 Å². The number of aromatic hydroxyl groups is 1. The van der Waals surface area contributed by atoms with Crippen LogP contribution < -0.4 is 5.32 Å². The molecule has 3 aromatic carbocycles. The molecule has 0 saturated carbocycles. The number of carbonyl (C=O) groups is 1. The lowest BCUT2D eigenvalue weighted by Gasteiger charge is -2.09. The number of hydrogen-bond acceptors (Lipinski definition) is 5. The molecule has 3 aromatic rings. The Bertz CT molecular complexity index is 938. The minimum absolute atomic E-state index is 0.156. The quantitative estimate of drug-likeness (QED) is 0.397. The zero-order chi connectivity index (χ0) is 18.5. The highest BCUT2D eigenvalue weighted by molar-refractivity contribution is 6.09. The first-order chi connectivity index (χ1) is 12.5. The van der Waals surface area contributed by atoms with Gasteiger partial charge in [-0.3, -0.25) is 14.9 Å². The fourth-order valence-electron chi connectivity index (χ4n) is 2.54. The van der Waals surface area contributed by atoms with E-state index in [-0.39, 0.29) is 22.8 Å². The minimum Gasteiger partial charge on any atom is -0.508 e. The smallest absolute Gasteiger partial charge is 0.293 e. The highest BCUT2D eigenvalue weighted by Gasteiger charge is 2.18. The molecule has 0 heterocycles. The summed E-state index contributed by atoms with van der Waals surface area (Å²) in [4.78, 5) is 23.4. The highest BCUT2D eigenvalue weighted by atomic mass is 16.6. The number of ketones is 1. The van der Waals surface area contributed by atoms with Gasteiger partial charge in [0.1, 0.15) is 11.4 Å². The van der Waals surface area contributed by atoms with E-state index in [2.05, 4.69) is 5.32 Å². The molecule has 0 spiro atoms. The summed E-state index contributed by atoms with van der Waals surface area (Å²) in [6.45, 7) is 0.354. The van der Waals surface area contributed by atoms with Crippen LogP contribution in [-0.4, -0.2) is 15.8 Å². The van der Waals surface area contributed by atoms with Crippen LogP contribution in [0.4, 0.5) is 11.4 Å². The third-order valence-corrected chi connectivity index (χ3v) is 3.91. The van der Waals surface area contributed by atoms with Crippen LogP contribution in [0.5, 0.6) is 5.75 Å². The van der Waals surface area contributed by atoms with Gasteiger partial charge in [-0.05, 0) is 29.8 Å². The van der Waals surface area contributed by atoms with Gasteiger partial charge in [-0.2, -0.15) is 0 Å². The number of rotatable bonds is 6. The van der Waals surface area contributed by atoms with Gasteiger partial charge in [-0.25, -0.2) is 0 Å². The first-order valence-corrected chi connectivity index (χ1v) is 7.94. The van der Waals surface area contributed by atoms with Crippen molar-refractivity contribution in [1.29, 1.82) is 0 Å². The fraction of sp³-hybridized carbons (Fsp3) is 0.0500. The normalized spacial score (nSPS) is 10.3. The fourth-order valence-corrected chi connectivity index (χ4v) is 2.54. The van der Waals surface area contributed by atoms with E-state index in [9.17, 15) is 20.0 Å². The van der Waals surface area contributed by atoms with Crippen LogP contribution in [0.3, 0.4) is 0 Å². The largest absolute Gasteiger partial charge is 0.508 e. The summed E-state index contributed by atoms with van der Waals surface area (Å²) in [7, 11) is 0. The maximum Gasteiger partial charge on any atom is 0.293 e. The number of hydrogen-bond donors (Lipinski definition) is 2. The number of nitro groups is 1. The zero-order valence-electron chi connectivity index (χ0n) is 13.8. The van der Waals surface area contributed by atoms with Crippen LogP contribution in [-0.2, 0) is 6.54 Å². The third kappa shape index (κ3) is 3.87. The molecular weight excluding hydrogens is 332 g/mol. The van der Waals surface area contributed by atoms with Gasteiger partial charge in [0.05, 0.1) is 4.92 Å². The molecule has 2 N–H and O–H groups in total. The van der Waals surface area contributed by atoms with Crippen LogP contribution in [0.2, 0.25) is 0 Å². The molecule has 0 aliphatic heterocycles. The molecule has 6 heteroatoms. The van der Waals surface area contributed by atoms with E-state index in [1.54, 1.807) is 60.7 Å². The predicted molar refractivity (Wildman–Crippen MR) is 98.4 cm³/mol. The van der Waals surface area contributed by atoms with E-state index < -0.39 is 4.92 Å². The molecule has 0 aliphatic rings. The Kier molecular flexibility index (Phi) is 4.94. The molecule has 0 saturated heterocycles. The molecule has 0 radical (unpaired) electrons. The molecule has 0 aromatic heterocycles. The Balaban J connectivity index is 1.84. The van der Waals surface area contributed by atoms with Crippen molar-refractivity contribution in [3.63, 3.8) is 0 Å². The number of phenols is 1. The second-order valence-corrected chi connectivity index (χ2v) is 5.70. The molecule has 0 amide bonds. The first-order valence-electron chi connectivity index (χ1n) is 7.94. The van der Waals surface area contributed by atoms with Gasteiger partial charge in [0.15, 0.2) is 5.78 Å². The summed E-state index contributed by atoms with van der Waals surface area (Å²) in [5.41, 5.74) is 1.77. The van der Waals surface area contributed by atoms with Gasteiger partial charge >= 0.3 is 0 Å². The van der Waals surface area contributed by atoms with Crippen molar-refractivity contribution in [3.8, 4) is 5.75 Å². The summed E-state index contributed by atoms with van der Waals surface area (Å²) in [5.74, 6) is -0.109. The van der Waals surface area contributed by atoms with Gasteiger partial charge in [-0.15, -0.1) is 0 Å². The maximum absolute atomic E-state index is 12.5. The number of phenolic OH excluding ortho intramolecular Hbond substituents is 1. The summed E-state index contributed by atoms with van der Waals surface area (Å²) in [5, 5.41) is 23.7. The van der Waals surface area contributed by atoms with E-state index in [1.807, 2.05) is 0 Å². The molecule has 0 bridgehead atoms. The van der Waals surface area contributed by atoms with E-state index in [1.165, 1.54) is 12.1 Å². The van der Waals surface area contributed by atoms with Crippen molar-refractivity contribution in [2.75, 3.05) is 5.32 Å². The van der Waals surface area contributed by atoms with E-state index >= 15 is 0 Å². The second kappa shape index (κ2) is 7.48. The molecule has 6 nitrogen and oxygen atoms in total. The van der Waals surface area contributed by atoms with Crippen LogP contribution in [0.1, 0.15) is 21.5 Å². The Morgan fingerprint density at radius 1 is 0.962 bits per heavy atom. The molecule has 0 fully saturated rings. The minimum atomic E-state index is -0.513. The van der Waals surface area contributed by atoms with Crippen molar-refractivity contribution in [1.82, 2.24) is 0 Å². The number of nitrogens with one attached hydrogen (secondary N) is 1. The molecule has 0 atom stereocenters. The van der Waals surface area contributed by atoms with Crippen molar-refractivity contribution in [3.05, 3.63) is 99.6 Å². The number of nitrogens with zero attached hydrogens (tertiary/aromatic N) is 1. The zero-order valence-corrected chi connectivity index (χ0v) is 13.8. The summed E-state index contributed by atoms with van der Waals surface area (Å²) in [6, 6.07) is 19.6. The van der Waals surface area contributed by atoms with Gasteiger partial charge in [0, 0.05) is 23.7 Å². The first kappa shape index (κ1) is 17.2. The van der Waals surface area contributed by atoms with E-state index in [0.717, 1.165) is 5.56 Å². The molecule has 0 unspecified atom stereocenters. The molecule has 3 rings (SSSR count). The van der Waals surface area contributed by atoms with E-state index in [0.29, 0.717) is 17.8 Å². The summed E-state index contributed by atoms with van der Waals surface area (Å²) < 4.78 is 0. The van der Waals surface area contributed by atoms with Gasteiger partial charge in [0.2, 0.25) is 0 Å².